The van der Waals surface area contributed by atoms with Crippen molar-refractivity contribution in [1.29, 1.82) is 0 Å². The predicted octanol–water partition coefficient (Wildman–Crippen LogP) is 2.89. The second-order valence-corrected chi connectivity index (χ2v) is 8.43. The average molecular weight is 393 g/mol. The molecule has 0 aliphatic heterocycles. The van der Waals surface area contributed by atoms with Crippen LogP contribution in [-0.2, 0) is 18.9 Å². The fourth-order valence-electron chi connectivity index (χ4n) is 4.16. The molecule has 0 atom stereocenters. The highest BCUT2D eigenvalue weighted by Crippen LogP contribution is 2.43. The molecule has 0 fully saturated rings. The number of nitrogens with zero attached hydrogens (tertiary/aromatic N) is 2. The summed E-state index contributed by atoms with van der Waals surface area (Å²) in [5.41, 5.74) is 0.801. The van der Waals surface area contributed by atoms with Crippen molar-refractivity contribution in [3.8, 4) is 11.3 Å². The largest absolute Gasteiger partial charge is 0.512 e. The van der Waals surface area contributed by atoms with Crippen LogP contribution in [0.2, 0.25) is 0 Å². The molecule has 4 rings (SSSR count). The van der Waals surface area contributed by atoms with Gasteiger partial charge in [0.25, 0.3) is 5.56 Å². The van der Waals surface area contributed by atoms with E-state index in [1.54, 1.807) is 7.05 Å². The van der Waals surface area contributed by atoms with E-state index in [4.69, 9.17) is 0 Å². The molecule has 0 amide bonds. The molecular weight excluding hydrogens is 370 g/mol. The number of hydrogen-bond acceptors (Lipinski definition) is 4. The number of Topliss-reactive ketones (excluding diaryl/α,β-unsaturated/α-hetero) is 1. The SMILES string of the molecule is Cn1c(=O)c2c(C3=C(O)CC(C)(C)CC3=O)c(-c3ccccc3)[nH]c2n(C)c1=O. The lowest BCUT2D eigenvalue weighted by Crippen LogP contribution is -2.37. The minimum absolute atomic E-state index is 0.0276. The third-order valence-electron chi connectivity index (χ3n) is 5.57. The Morgan fingerprint density at radius 2 is 1.66 bits per heavy atom. The summed E-state index contributed by atoms with van der Waals surface area (Å²) in [6, 6.07) is 9.27. The van der Waals surface area contributed by atoms with Crippen LogP contribution in [0.3, 0.4) is 0 Å². The summed E-state index contributed by atoms with van der Waals surface area (Å²) in [5.74, 6) is -0.243. The van der Waals surface area contributed by atoms with Gasteiger partial charge in [-0.25, -0.2) is 4.79 Å². The number of carbonyl (C=O) groups excluding carboxylic acids is 1. The van der Waals surface area contributed by atoms with Crippen molar-refractivity contribution in [3.05, 3.63) is 62.5 Å². The summed E-state index contributed by atoms with van der Waals surface area (Å²) in [6.07, 6.45) is 0.598. The van der Waals surface area contributed by atoms with Crippen molar-refractivity contribution >= 4 is 22.4 Å². The number of aliphatic hydroxyl groups is 1. The highest BCUT2D eigenvalue weighted by molar-refractivity contribution is 6.26. The third kappa shape index (κ3) is 2.85. The molecule has 0 radical (unpaired) electrons. The summed E-state index contributed by atoms with van der Waals surface area (Å²) in [6.45, 7) is 3.85. The van der Waals surface area contributed by atoms with E-state index in [1.807, 2.05) is 44.2 Å². The number of allylic oxidation sites excluding steroid dienone is 2. The van der Waals surface area contributed by atoms with Gasteiger partial charge in [0, 0.05) is 32.5 Å². The molecule has 150 valence electrons. The number of ketones is 1. The Balaban J connectivity index is 2.20. The Labute approximate surface area is 166 Å². The van der Waals surface area contributed by atoms with Gasteiger partial charge < -0.3 is 10.1 Å². The van der Waals surface area contributed by atoms with E-state index in [0.29, 0.717) is 23.3 Å². The van der Waals surface area contributed by atoms with Gasteiger partial charge in [0.15, 0.2) is 5.78 Å². The number of carbonyl (C=O) groups is 1. The minimum atomic E-state index is -0.505. The Bertz CT molecular complexity index is 1300. The molecule has 2 aromatic heterocycles. The molecule has 7 nitrogen and oxygen atoms in total. The van der Waals surface area contributed by atoms with E-state index in [9.17, 15) is 19.5 Å². The van der Waals surface area contributed by atoms with Crippen LogP contribution in [0.5, 0.6) is 0 Å². The van der Waals surface area contributed by atoms with E-state index in [1.165, 1.54) is 11.6 Å². The lowest BCUT2D eigenvalue weighted by molar-refractivity contribution is -0.116. The first-order chi connectivity index (χ1) is 13.6. The van der Waals surface area contributed by atoms with E-state index < -0.39 is 11.2 Å². The predicted molar refractivity (Wildman–Crippen MR) is 112 cm³/mol. The van der Waals surface area contributed by atoms with E-state index in [0.717, 1.165) is 10.1 Å². The topological polar surface area (TPSA) is 97.1 Å². The highest BCUT2D eigenvalue weighted by Gasteiger charge is 2.37. The van der Waals surface area contributed by atoms with Gasteiger partial charge >= 0.3 is 5.69 Å². The van der Waals surface area contributed by atoms with Crippen LogP contribution in [0.25, 0.3) is 27.9 Å². The van der Waals surface area contributed by atoms with Crippen molar-refractivity contribution < 1.29 is 9.90 Å². The van der Waals surface area contributed by atoms with Gasteiger partial charge in [0.05, 0.1) is 16.7 Å². The molecule has 0 unspecified atom stereocenters. The van der Waals surface area contributed by atoms with Crippen molar-refractivity contribution in [3.63, 3.8) is 0 Å². The maximum atomic E-state index is 13.1. The first kappa shape index (κ1) is 19.0. The standard InChI is InChI=1S/C22H23N3O4/c1-22(2)10-13(26)15(14(27)11-22)16-17-19(24(3)21(29)25(4)20(17)28)23-18(16)12-8-6-5-7-9-12/h5-9,23,26H,10-11H2,1-4H3. The lowest BCUT2D eigenvalue weighted by Gasteiger charge is -2.29. The van der Waals surface area contributed by atoms with Crippen LogP contribution in [0.1, 0.15) is 32.3 Å². The van der Waals surface area contributed by atoms with Crippen LogP contribution in [0.4, 0.5) is 0 Å². The number of aromatic amines is 1. The maximum absolute atomic E-state index is 13.1. The lowest BCUT2D eigenvalue weighted by atomic mass is 9.74. The van der Waals surface area contributed by atoms with E-state index >= 15 is 0 Å². The van der Waals surface area contributed by atoms with Crippen molar-refractivity contribution in [2.75, 3.05) is 0 Å². The zero-order chi connectivity index (χ0) is 21.1. The first-order valence-electron chi connectivity index (χ1n) is 9.45. The number of hydrogen-bond donors (Lipinski definition) is 2. The molecule has 7 heteroatoms. The number of nitrogens with one attached hydrogen (secondary N) is 1. The van der Waals surface area contributed by atoms with Gasteiger partial charge in [0.1, 0.15) is 11.4 Å². The monoisotopic (exact) mass is 393 g/mol. The number of aliphatic hydroxyl groups excluding tert-OH is 1. The van der Waals surface area contributed by atoms with Crippen molar-refractivity contribution in [2.24, 2.45) is 19.5 Å². The molecule has 2 heterocycles. The molecule has 0 saturated carbocycles. The highest BCUT2D eigenvalue weighted by atomic mass is 16.3. The van der Waals surface area contributed by atoms with Gasteiger partial charge in [-0.1, -0.05) is 44.2 Å². The molecule has 3 aromatic rings. The number of rotatable bonds is 2. The van der Waals surface area contributed by atoms with Crippen molar-refractivity contribution in [1.82, 2.24) is 14.1 Å². The summed E-state index contributed by atoms with van der Waals surface area (Å²) in [4.78, 5) is 41.7. The molecule has 1 aliphatic rings. The van der Waals surface area contributed by atoms with Crippen LogP contribution < -0.4 is 11.2 Å². The van der Waals surface area contributed by atoms with Crippen LogP contribution in [-0.4, -0.2) is 25.0 Å². The normalized spacial score (nSPS) is 16.6. The Morgan fingerprint density at radius 1 is 1.00 bits per heavy atom. The molecule has 1 aliphatic carbocycles. The quantitative estimate of drug-likeness (QED) is 0.700. The Kier molecular flexibility index (Phi) is 4.15. The van der Waals surface area contributed by atoms with Gasteiger partial charge in [0.2, 0.25) is 0 Å². The number of aryl methyl sites for hydroxylation is 1. The first-order valence-corrected chi connectivity index (χ1v) is 9.45. The van der Waals surface area contributed by atoms with Gasteiger partial charge in [-0.15, -0.1) is 0 Å². The van der Waals surface area contributed by atoms with E-state index in [-0.39, 0.29) is 34.3 Å². The molecule has 29 heavy (non-hydrogen) atoms. The zero-order valence-electron chi connectivity index (χ0n) is 16.9. The minimum Gasteiger partial charge on any atom is -0.512 e. The number of benzene rings is 1. The van der Waals surface area contributed by atoms with Crippen molar-refractivity contribution in [2.45, 2.75) is 26.7 Å². The maximum Gasteiger partial charge on any atom is 0.332 e. The number of fused-ring (bicyclic) bond motifs is 1. The summed E-state index contributed by atoms with van der Waals surface area (Å²) < 4.78 is 2.37. The summed E-state index contributed by atoms with van der Waals surface area (Å²) >= 11 is 0. The van der Waals surface area contributed by atoms with Crippen LogP contribution in [0.15, 0.2) is 45.7 Å². The molecular formula is C22H23N3O4. The van der Waals surface area contributed by atoms with Crippen LogP contribution >= 0.6 is 0 Å². The van der Waals surface area contributed by atoms with Crippen LogP contribution in [0, 0.1) is 5.41 Å². The zero-order valence-corrected chi connectivity index (χ0v) is 16.9. The summed E-state index contributed by atoms with van der Waals surface area (Å²) in [7, 11) is 2.97. The van der Waals surface area contributed by atoms with Gasteiger partial charge in [-0.05, 0) is 11.0 Å². The second kappa shape index (κ2) is 6.34. The van der Waals surface area contributed by atoms with E-state index in [2.05, 4.69) is 4.98 Å². The molecule has 0 spiro atoms. The smallest absolute Gasteiger partial charge is 0.332 e. The fraction of sp³-hybridized carbons (Fsp3) is 0.318. The fourth-order valence-corrected chi connectivity index (χ4v) is 4.16. The average Bonchev–Trinajstić information content (AvgIpc) is 3.04. The second-order valence-electron chi connectivity index (χ2n) is 8.43. The molecule has 1 aromatic carbocycles. The Morgan fingerprint density at radius 3 is 2.28 bits per heavy atom. The van der Waals surface area contributed by atoms with Gasteiger partial charge in [-0.2, -0.15) is 0 Å². The number of H-pyrrole nitrogens is 1. The summed E-state index contributed by atoms with van der Waals surface area (Å²) in [5, 5.41) is 11.1. The third-order valence-corrected chi connectivity index (χ3v) is 5.57. The van der Waals surface area contributed by atoms with Gasteiger partial charge in [-0.3, -0.25) is 18.7 Å². The molecule has 2 N–H and O–H groups in total. The number of aromatic nitrogens is 3. The molecule has 0 bridgehead atoms. The Hall–Kier alpha value is -3.35. The molecule has 0 saturated heterocycles.